The van der Waals surface area contributed by atoms with Gasteiger partial charge in [0.25, 0.3) is 5.69 Å². The summed E-state index contributed by atoms with van der Waals surface area (Å²) in [6, 6.07) is 7.32. The zero-order valence-corrected chi connectivity index (χ0v) is 11.2. The van der Waals surface area contributed by atoms with E-state index >= 15 is 0 Å². The van der Waals surface area contributed by atoms with E-state index < -0.39 is 16.4 Å². The Morgan fingerprint density at radius 1 is 1.29 bits per heavy atom. The lowest BCUT2D eigenvalue weighted by atomic mass is 10.2. The quantitative estimate of drug-likeness (QED) is 0.390. The minimum absolute atomic E-state index is 0.0859. The van der Waals surface area contributed by atoms with Crippen molar-refractivity contribution in [3.05, 3.63) is 62.9 Å². The SMILES string of the molecule is N=C(N)c1ccc(Cl)cc1Oc1ccc([N+](=O)[O-])cc1F. The van der Waals surface area contributed by atoms with Gasteiger partial charge in [-0.1, -0.05) is 11.6 Å². The van der Waals surface area contributed by atoms with Gasteiger partial charge >= 0.3 is 0 Å². The van der Waals surface area contributed by atoms with Crippen LogP contribution in [0.3, 0.4) is 0 Å². The summed E-state index contributed by atoms with van der Waals surface area (Å²) < 4.78 is 19.1. The number of hydrogen-bond acceptors (Lipinski definition) is 4. The van der Waals surface area contributed by atoms with Crippen molar-refractivity contribution < 1.29 is 14.1 Å². The van der Waals surface area contributed by atoms with Gasteiger partial charge in [0, 0.05) is 17.2 Å². The highest BCUT2D eigenvalue weighted by Crippen LogP contribution is 2.31. The molecule has 6 nitrogen and oxygen atoms in total. The Balaban J connectivity index is 2.40. The van der Waals surface area contributed by atoms with E-state index in [1.165, 1.54) is 18.2 Å². The number of non-ortho nitro benzene ring substituents is 1. The molecule has 2 aromatic carbocycles. The van der Waals surface area contributed by atoms with Gasteiger partial charge in [0.2, 0.25) is 0 Å². The molecule has 0 atom stereocenters. The molecule has 0 saturated heterocycles. The third-order valence-corrected chi connectivity index (χ3v) is 2.82. The molecule has 8 heteroatoms. The van der Waals surface area contributed by atoms with E-state index in [0.717, 1.165) is 18.2 Å². The summed E-state index contributed by atoms with van der Waals surface area (Å²) in [5.74, 6) is -1.32. The molecule has 2 aromatic rings. The predicted molar refractivity (Wildman–Crippen MR) is 75.6 cm³/mol. The molecule has 108 valence electrons. The summed E-state index contributed by atoms with van der Waals surface area (Å²) >= 11 is 5.82. The van der Waals surface area contributed by atoms with Crippen molar-refractivity contribution >= 4 is 23.1 Å². The smallest absolute Gasteiger partial charge is 0.272 e. The van der Waals surface area contributed by atoms with Gasteiger partial charge in [-0.2, -0.15) is 0 Å². The second kappa shape index (κ2) is 5.76. The number of nitrogens with zero attached hydrogens (tertiary/aromatic N) is 1. The summed E-state index contributed by atoms with van der Waals surface area (Å²) in [4.78, 5) is 9.83. The first-order valence-corrected chi connectivity index (χ1v) is 6.02. The standard InChI is InChI=1S/C13H9ClFN3O3/c14-7-1-3-9(13(16)17)12(5-7)21-11-4-2-8(18(19)20)6-10(11)15/h1-6H,(H3,16,17). The molecule has 21 heavy (non-hydrogen) atoms. The number of nitro groups is 1. The number of amidine groups is 1. The summed E-state index contributed by atoms with van der Waals surface area (Å²) in [7, 11) is 0. The molecule has 0 radical (unpaired) electrons. The Hall–Kier alpha value is -2.67. The molecule has 0 amide bonds. The van der Waals surface area contributed by atoms with Crippen LogP contribution < -0.4 is 10.5 Å². The molecule has 0 fully saturated rings. The van der Waals surface area contributed by atoms with E-state index in [2.05, 4.69) is 0 Å². The van der Waals surface area contributed by atoms with Crippen molar-refractivity contribution in [2.45, 2.75) is 0 Å². The average molecular weight is 310 g/mol. The van der Waals surface area contributed by atoms with Crippen LogP contribution in [0.4, 0.5) is 10.1 Å². The highest BCUT2D eigenvalue weighted by Gasteiger charge is 2.15. The van der Waals surface area contributed by atoms with Gasteiger partial charge in [0.05, 0.1) is 16.6 Å². The Kier molecular flexibility index (Phi) is 4.04. The maximum atomic E-state index is 13.8. The number of nitrogen functional groups attached to an aromatic ring is 1. The van der Waals surface area contributed by atoms with Crippen molar-refractivity contribution in [1.29, 1.82) is 5.41 Å². The summed E-state index contributed by atoms with van der Waals surface area (Å²) in [5.41, 5.74) is 5.24. The van der Waals surface area contributed by atoms with Crippen LogP contribution in [0.1, 0.15) is 5.56 Å². The zero-order valence-electron chi connectivity index (χ0n) is 10.5. The van der Waals surface area contributed by atoms with Crippen LogP contribution >= 0.6 is 11.6 Å². The van der Waals surface area contributed by atoms with Gasteiger partial charge < -0.3 is 10.5 Å². The maximum Gasteiger partial charge on any atom is 0.272 e. The minimum Gasteiger partial charge on any atom is -0.453 e. The van der Waals surface area contributed by atoms with Crippen LogP contribution in [0.25, 0.3) is 0 Å². The van der Waals surface area contributed by atoms with Crippen LogP contribution in [0.15, 0.2) is 36.4 Å². The molecule has 0 bridgehead atoms. The largest absolute Gasteiger partial charge is 0.453 e. The van der Waals surface area contributed by atoms with Crippen molar-refractivity contribution in [3.63, 3.8) is 0 Å². The molecular weight excluding hydrogens is 301 g/mol. The second-order valence-electron chi connectivity index (χ2n) is 4.03. The highest BCUT2D eigenvalue weighted by molar-refractivity contribution is 6.30. The van der Waals surface area contributed by atoms with Crippen LogP contribution in [-0.4, -0.2) is 10.8 Å². The molecule has 0 unspecified atom stereocenters. The maximum absolute atomic E-state index is 13.8. The van der Waals surface area contributed by atoms with E-state index in [-0.39, 0.29) is 22.9 Å². The van der Waals surface area contributed by atoms with Gasteiger partial charge in [-0.3, -0.25) is 15.5 Å². The van der Waals surface area contributed by atoms with Crippen molar-refractivity contribution in [2.75, 3.05) is 0 Å². The average Bonchev–Trinajstić information content (AvgIpc) is 2.40. The van der Waals surface area contributed by atoms with Gasteiger partial charge in [-0.25, -0.2) is 4.39 Å². The Morgan fingerprint density at radius 2 is 2.00 bits per heavy atom. The number of hydrogen-bond donors (Lipinski definition) is 2. The van der Waals surface area contributed by atoms with E-state index in [0.29, 0.717) is 5.02 Å². The lowest BCUT2D eigenvalue weighted by Crippen LogP contribution is -2.12. The number of benzene rings is 2. The van der Waals surface area contributed by atoms with E-state index in [9.17, 15) is 14.5 Å². The topological polar surface area (TPSA) is 102 Å². The third kappa shape index (κ3) is 3.26. The fraction of sp³-hybridized carbons (Fsp3) is 0. The zero-order chi connectivity index (χ0) is 15.6. The second-order valence-corrected chi connectivity index (χ2v) is 4.46. The van der Waals surface area contributed by atoms with E-state index in [1.54, 1.807) is 0 Å². The molecule has 0 spiro atoms. The van der Waals surface area contributed by atoms with E-state index in [4.69, 9.17) is 27.5 Å². The van der Waals surface area contributed by atoms with Gasteiger partial charge in [0.15, 0.2) is 11.6 Å². The predicted octanol–water partition coefficient (Wildman–Crippen LogP) is 3.46. The molecule has 0 heterocycles. The van der Waals surface area contributed by atoms with Crippen molar-refractivity contribution in [1.82, 2.24) is 0 Å². The summed E-state index contributed by atoms with van der Waals surface area (Å²) in [6.07, 6.45) is 0. The number of halogens is 2. The monoisotopic (exact) mass is 309 g/mol. The first-order chi connectivity index (χ1) is 9.88. The number of nitro benzene ring substituents is 1. The first-order valence-electron chi connectivity index (χ1n) is 5.64. The number of nitrogens with two attached hydrogens (primary N) is 1. The molecular formula is C13H9ClFN3O3. The lowest BCUT2D eigenvalue weighted by Gasteiger charge is -2.11. The van der Waals surface area contributed by atoms with Crippen molar-refractivity contribution in [2.24, 2.45) is 5.73 Å². The van der Waals surface area contributed by atoms with Gasteiger partial charge in [0.1, 0.15) is 11.6 Å². The normalized spacial score (nSPS) is 10.2. The Bertz CT molecular complexity index is 737. The first kappa shape index (κ1) is 14.7. The lowest BCUT2D eigenvalue weighted by molar-refractivity contribution is -0.385. The van der Waals surface area contributed by atoms with Crippen LogP contribution in [-0.2, 0) is 0 Å². The fourth-order valence-corrected chi connectivity index (χ4v) is 1.77. The van der Waals surface area contributed by atoms with Crippen LogP contribution in [0.2, 0.25) is 5.02 Å². The third-order valence-electron chi connectivity index (χ3n) is 2.58. The number of rotatable bonds is 4. The summed E-state index contributed by atoms with van der Waals surface area (Å²) in [5, 5.41) is 18.3. The Labute approximate surface area is 123 Å². The number of ether oxygens (including phenoxy) is 1. The highest BCUT2D eigenvalue weighted by atomic mass is 35.5. The Morgan fingerprint density at radius 3 is 2.57 bits per heavy atom. The molecule has 0 aliphatic rings. The molecule has 0 aliphatic carbocycles. The molecule has 0 saturated carbocycles. The van der Waals surface area contributed by atoms with E-state index in [1.807, 2.05) is 0 Å². The molecule has 0 aromatic heterocycles. The summed E-state index contributed by atoms with van der Waals surface area (Å²) in [6.45, 7) is 0. The molecule has 0 aliphatic heterocycles. The molecule has 3 N–H and O–H groups in total. The van der Waals surface area contributed by atoms with Crippen LogP contribution in [0.5, 0.6) is 11.5 Å². The van der Waals surface area contributed by atoms with Crippen molar-refractivity contribution in [3.8, 4) is 11.5 Å². The van der Waals surface area contributed by atoms with Crippen LogP contribution in [0, 0.1) is 21.3 Å². The fourth-order valence-electron chi connectivity index (χ4n) is 1.61. The minimum atomic E-state index is -0.904. The molecule has 2 rings (SSSR count). The number of nitrogens with one attached hydrogen (secondary N) is 1. The van der Waals surface area contributed by atoms with Gasteiger partial charge in [-0.15, -0.1) is 0 Å². The van der Waals surface area contributed by atoms with Gasteiger partial charge in [-0.05, 0) is 18.2 Å².